The third-order valence-electron chi connectivity index (χ3n) is 3.19. The van der Waals surface area contributed by atoms with Gasteiger partial charge in [-0.1, -0.05) is 5.16 Å². The fraction of sp³-hybridized carbons (Fsp3) is 0.333. The molecule has 0 saturated carbocycles. The highest BCUT2D eigenvalue weighted by atomic mass is 19.2. The van der Waals surface area contributed by atoms with E-state index in [-0.39, 0.29) is 25.9 Å². The van der Waals surface area contributed by atoms with Crippen LogP contribution in [0.1, 0.15) is 23.2 Å². The molecule has 0 aromatic heterocycles. The highest BCUT2D eigenvalue weighted by molar-refractivity contribution is 5.96. The Morgan fingerprint density at radius 2 is 1.33 bits per heavy atom. The maximum atomic E-state index is 13.5. The molecule has 1 N–H and O–H groups in total. The van der Waals surface area contributed by atoms with Crippen LogP contribution in [0.2, 0.25) is 0 Å². The number of nitrogens with zero attached hydrogens (tertiary/aromatic N) is 2. The van der Waals surface area contributed by atoms with E-state index in [4.69, 9.17) is 5.21 Å². The van der Waals surface area contributed by atoms with Crippen LogP contribution in [0, 0.1) is 29.1 Å². The number of hydrogen-bond donors (Lipinski definition) is 1. The fourth-order valence-electron chi connectivity index (χ4n) is 2.02. The first-order valence-electron chi connectivity index (χ1n) is 5.89. The van der Waals surface area contributed by atoms with Crippen LogP contribution >= 0.6 is 0 Å². The minimum atomic E-state index is -2.31. The number of carbonyl (C=O) groups is 1. The lowest BCUT2D eigenvalue weighted by atomic mass is 10.1. The molecule has 1 aliphatic heterocycles. The number of halogens is 5. The summed E-state index contributed by atoms with van der Waals surface area (Å²) in [7, 11) is 0. The molecule has 21 heavy (non-hydrogen) atoms. The van der Waals surface area contributed by atoms with Crippen molar-refractivity contribution in [3.8, 4) is 0 Å². The highest BCUT2D eigenvalue weighted by Crippen LogP contribution is 2.25. The average molecular weight is 308 g/mol. The van der Waals surface area contributed by atoms with Crippen LogP contribution in [0.4, 0.5) is 22.0 Å². The molecule has 114 valence electrons. The van der Waals surface area contributed by atoms with Crippen molar-refractivity contribution in [3.05, 3.63) is 34.6 Å². The van der Waals surface area contributed by atoms with Crippen LogP contribution < -0.4 is 0 Å². The van der Waals surface area contributed by atoms with E-state index >= 15 is 0 Å². The van der Waals surface area contributed by atoms with Gasteiger partial charge in [0, 0.05) is 25.9 Å². The molecule has 0 bridgehead atoms. The van der Waals surface area contributed by atoms with Gasteiger partial charge in [-0.05, 0) is 0 Å². The number of likely N-dealkylation sites (tertiary alicyclic amines) is 1. The monoisotopic (exact) mass is 308 g/mol. The number of benzene rings is 1. The Bertz CT molecular complexity index is 594. The molecule has 1 heterocycles. The van der Waals surface area contributed by atoms with Crippen molar-refractivity contribution in [2.75, 3.05) is 13.1 Å². The normalized spacial score (nSPS) is 15.3. The molecule has 1 aromatic rings. The summed E-state index contributed by atoms with van der Waals surface area (Å²) >= 11 is 0. The van der Waals surface area contributed by atoms with Crippen molar-refractivity contribution in [3.63, 3.8) is 0 Å². The largest absolute Gasteiger partial charge is 0.411 e. The average Bonchev–Trinajstić information content (AvgIpc) is 2.51. The lowest BCUT2D eigenvalue weighted by molar-refractivity contribution is 0.0740. The molecule has 2 rings (SSSR count). The molecule has 1 amide bonds. The van der Waals surface area contributed by atoms with E-state index in [2.05, 4.69) is 5.16 Å². The van der Waals surface area contributed by atoms with Gasteiger partial charge in [-0.3, -0.25) is 4.79 Å². The van der Waals surface area contributed by atoms with Crippen molar-refractivity contribution in [1.82, 2.24) is 4.90 Å². The van der Waals surface area contributed by atoms with Gasteiger partial charge in [0.05, 0.1) is 5.71 Å². The lowest BCUT2D eigenvalue weighted by Gasteiger charge is -2.27. The highest BCUT2D eigenvalue weighted by Gasteiger charge is 2.33. The second-order valence-corrected chi connectivity index (χ2v) is 4.40. The van der Waals surface area contributed by atoms with Crippen molar-refractivity contribution in [2.24, 2.45) is 5.16 Å². The smallest absolute Gasteiger partial charge is 0.260 e. The van der Waals surface area contributed by atoms with Crippen LogP contribution in [0.25, 0.3) is 0 Å². The Kier molecular flexibility index (Phi) is 4.10. The summed E-state index contributed by atoms with van der Waals surface area (Å²) in [6.07, 6.45) is 0.301. The van der Waals surface area contributed by atoms with Crippen molar-refractivity contribution in [1.29, 1.82) is 0 Å². The Balaban J connectivity index is 2.37. The van der Waals surface area contributed by atoms with Gasteiger partial charge in [0.2, 0.25) is 5.82 Å². The minimum Gasteiger partial charge on any atom is -0.411 e. The summed E-state index contributed by atoms with van der Waals surface area (Å²) < 4.78 is 66.1. The Morgan fingerprint density at radius 1 is 0.905 bits per heavy atom. The Hall–Kier alpha value is -2.19. The van der Waals surface area contributed by atoms with Gasteiger partial charge >= 0.3 is 0 Å². The third-order valence-corrected chi connectivity index (χ3v) is 3.19. The first-order valence-corrected chi connectivity index (χ1v) is 5.89. The topological polar surface area (TPSA) is 52.9 Å². The SMILES string of the molecule is O=C(c1c(F)c(F)c(F)c(F)c1F)N1CCC(=NO)CC1. The predicted molar refractivity (Wildman–Crippen MR) is 60.6 cm³/mol. The van der Waals surface area contributed by atoms with Crippen LogP contribution in [-0.2, 0) is 0 Å². The van der Waals surface area contributed by atoms with Crippen LogP contribution in [0.5, 0.6) is 0 Å². The predicted octanol–water partition coefficient (Wildman–Crippen LogP) is 2.45. The zero-order valence-corrected chi connectivity index (χ0v) is 10.5. The van der Waals surface area contributed by atoms with Gasteiger partial charge in [0.1, 0.15) is 5.56 Å². The zero-order valence-electron chi connectivity index (χ0n) is 10.5. The van der Waals surface area contributed by atoms with E-state index in [9.17, 15) is 26.7 Å². The van der Waals surface area contributed by atoms with Gasteiger partial charge in [0.25, 0.3) is 5.91 Å². The van der Waals surface area contributed by atoms with Crippen LogP contribution in [0.15, 0.2) is 5.16 Å². The molecule has 0 unspecified atom stereocenters. The van der Waals surface area contributed by atoms with Crippen molar-refractivity contribution < 1.29 is 32.0 Å². The Labute approximate surface area is 115 Å². The second kappa shape index (κ2) is 5.66. The number of carbonyl (C=O) groups excluding carboxylic acids is 1. The second-order valence-electron chi connectivity index (χ2n) is 4.40. The molecule has 4 nitrogen and oxygen atoms in total. The van der Waals surface area contributed by atoms with Gasteiger partial charge < -0.3 is 10.1 Å². The summed E-state index contributed by atoms with van der Waals surface area (Å²) in [5, 5.41) is 11.5. The maximum Gasteiger partial charge on any atom is 0.260 e. The maximum absolute atomic E-state index is 13.5. The van der Waals surface area contributed by atoms with Crippen LogP contribution in [0.3, 0.4) is 0 Å². The first-order chi connectivity index (χ1) is 9.88. The van der Waals surface area contributed by atoms with E-state index in [1.165, 1.54) is 0 Å². The fourth-order valence-corrected chi connectivity index (χ4v) is 2.02. The number of oxime groups is 1. The molecule has 1 fully saturated rings. The van der Waals surface area contributed by atoms with Crippen molar-refractivity contribution in [2.45, 2.75) is 12.8 Å². The van der Waals surface area contributed by atoms with Gasteiger partial charge in [0.15, 0.2) is 23.3 Å². The molecule has 9 heteroatoms. The molecule has 0 spiro atoms. The van der Waals surface area contributed by atoms with E-state index in [0.717, 1.165) is 4.90 Å². The van der Waals surface area contributed by atoms with E-state index < -0.39 is 40.6 Å². The van der Waals surface area contributed by atoms with E-state index in [1.54, 1.807) is 0 Å². The molecule has 0 aliphatic carbocycles. The van der Waals surface area contributed by atoms with Gasteiger partial charge in [-0.25, -0.2) is 22.0 Å². The minimum absolute atomic E-state index is 0.0439. The van der Waals surface area contributed by atoms with Gasteiger partial charge in [-0.15, -0.1) is 0 Å². The summed E-state index contributed by atoms with van der Waals surface area (Å²) in [4.78, 5) is 12.9. The molecule has 0 radical (unpaired) electrons. The molecule has 1 aliphatic rings. The summed E-state index contributed by atoms with van der Waals surface area (Å²) in [6.45, 7) is -0.0879. The number of hydrogen-bond acceptors (Lipinski definition) is 3. The molecule has 0 atom stereocenters. The molecule has 1 aromatic carbocycles. The van der Waals surface area contributed by atoms with Crippen LogP contribution in [-0.4, -0.2) is 34.8 Å². The molecule has 1 saturated heterocycles. The van der Waals surface area contributed by atoms with E-state index in [0.29, 0.717) is 5.71 Å². The zero-order chi connectivity index (χ0) is 15.7. The van der Waals surface area contributed by atoms with Crippen molar-refractivity contribution >= 4 is 11.6 Å². The lowest BCUT2D eigenvalue weighted by Crippen LogP contribution is -2.39. The summed E-state index contributed by atoms with van der Waals surface area (Å²) in [6, 6.07) is 0. The molecular formula is C12H9F5N2O2. The number of amides is 1. The standard InChI is InChI=1S/C12H9F5N2O2/c13-7-6(8(14)10(16)11(17)9(7)15)12(20)19-3-1-5(18-21)2-4-19/h21H,1-4H2. The van der Waals surface area contributed by atoms with E-state index in [1.807, 2.05) is 0 Å². The summed E-state index contributed by atoms with van der Waals surface area (Å²) in [5.74, 6) is -12.2. The number of piperidine rings is 1. The number of rotatable bonds is 1. The Morgan fingerprint density at radius 3 is 1.76 bits per heavy atom. The summed E-state index contributed by atoms with van der Waals surface area (Å²) in [5.41, 5.74) is -1.09. The molecular weight excluding hydrogens is 299 g/mol. The van der Waals surface area contributed by atoms with Gasteiger partial charge in [-0.2, -0.15) is 0 Å². The quantitative estimate of drug-likeness (QED) is 0.285. The third kappa shape index (κ3) is 2.55. The first kappa shape index (κ1) is 15.2.